The second kappa shape index (κ2) is 15.2. The number of hydrogen-bond donors (Lipinski definition) is 3. The Morgan fingerprint density at radius 3 is 2.15 bits per heavy atom. The Hall–Kier alpha value is -4.41. The molecule has 0 spiro atoms. The number of urea groups is 1. The molecule has 1 saturated heterocycles. The minimum absolute atomic E-state index is 0.00972. The molecule has 4 aromatic carbocycles. The lowest BCUT2D eigenvalue weighted by atomic mass is 10.0. The summed E-state index contributed by atoms with van der Waals surface area (Å²) in [5.41, 5.74) is 6.52. The molecule has 0 bridgehead atoms. The van der Waals surface area contributed by atoms with Crippen molar-refractivity contribution in [2.24, 2.45) is 0 Å². The number of aliphatic hydroxyl groups excluding tert-OH is 1. The third-order valence-corrected chi connectivity index (χ3v) is 8.70. The van der Waals surface area contributed by atoms with Gasteiger partial charge in [-0.1, -0.05) is 121 Å². The van der Waals surface area contributed by atoms with Crippen LogP contribution in [-0.2, 0) is 22.6 Å². The SMILES string of the molecule is CCNC(=O)NCc1ccc([C@@H]2O[C@H](CSc3nc(-c4ccccc4)c(-c4ccccc4)o3)C[C@H](c3ccc(CO)cc3)O2)cc1. The molecule has 0 radical (unpaired) electrons. The van der Waals surface area contributed by atoms with Crippen molar-refractivity contribution in [3.8, 4) is 22.6 Å². The molecule has 9 heteroatoms. The van der Waals surface area contributed by atoms with Crippen molar-refractivity contribution in [3.63, 3.8) is 0 Å². The molecule has 0 saturated carbocycles. The molecule has 8 nitrogen and oxygen atoms in total. The van der Waals surface area contributed by atoms with E-state index >= 15 is 0 Å². The summed E-state index contributed by atoms with van der Waals surface area (Å²) in [4.78, 5) is 16.7. The number of oxazole rings is 1. The first-order chi connectivity index (χ1) is 22.6. The highest BCUT2D eigenvalue weighted by molar-refractivity contribution is 7.99. The molecular formula is C37H37N3O5S. The molecular weight excluding hydrogens is 598 g/mol. The Balaban J connectivity index is 1.21. The van der Waals surface area contributed by atoms with E-state index in [2.05, 4.69) is 10.6 Å². The summed E-state index contributed by atoms with van der Waals surface area (Å²) in [7, 11) is 0. The summed E-state index contributed by atoms with van der Waals surface area (Å²) in [6.07, 6.45) is -0.302. The topological polar surface area (TPSA) is 106 Å². The Morgan fingerprint density at radius 1 is 0.826 bits per heavy atom. The zero-order chi connectivity index (χ0) is 31.7. The van der Waals surface area contributed by atoms with Gasteiger partial charge in [0.15, 0.2) is 12.1 Å². The van der Waals surface area contributed by atoms with Gasteiger partial charge in [0, 0.05) is 42.0 Å². The number of rotatable bonds is 11. The van der Waals surface area contributed by atoms with Crippen molar-refractivity contribution in [1.82, 2.24) is 15.6 Å². The van der Waals surface area contributed by atoms with Gasteiger partial charge in [-0.05, 0) is 23.6 Å². The molecule has 5 aromatic rings. The molecule has 3 atom stereocenters. The van der Waals surface area contributed by atoms with Gasteiger partial charge < -0.3 is 29.6 Å². The standard InChI is InChI=1S/C37H37N3O5S/c1-2-38-36(42)39-22-25-13-19-30(20-14-25)35-43-31(21-32(44-35)27-17-15-26(23-41)16-18-27)24-46-37-40-33(28-9-5-3-6-10-28)34(45-37)29-11-7-4-8-12-29/h3-20,31-32,35,41H,2,21-24H2,1H3,(H2,38,39,42)/t31-,32+,35+/m0/s1. The molecule has 1 aliphatic rings. The largest absolute Gasteiger partial charge is 0.431 e. The summed E-state index contributed by atoms with van der Waals surface area (Å²) < 4.78 is 19.4. The maximum Gasteiger partial charge on any atom is 0.315 e. The lowest BCUT2D eigenvalue weighted by Gasteiger charge is -2.36. The first-order valence-corrected chi connectivity index (χ1v) is 16.4. The number of hydrogen-bond acceptors (Lipinski definition) is 7. The number of carbonyl (C=O) groups is 1. The van der Waals surface area contributed by atoms with Crippen LogP contribution < -0.4 is 10.6 Å². The van der Waals surface area contributed by atoms with Crippen molar-refractivity contribution in [2.45, 2.75) is 50.2 Å². The van der Waals surface area contributed by atoms with Crippen molar-refractivity contribution in [1.29, 1.82) is 0 Å². The second-order valence-corrected chi connectivity index (χ2v) is 12.0. The summed E-state index contributed by atoms with van der Waals surface area (Å²) >= 11 is 1.53. The average molecular weight is 636 g/mol. The van der Waals surface area contributed by atoms with E-state index in [1.165, 1.54) is 11.8 Å². The van der Waals surface area contributed by atoms with Gasteiger partial charge in [0.2, 0.25) is 0 Å². The van der Waals surface area contributed by atoms with Crippen LogP contribution in [0, 0.1) is 0 Å². The Morgan fingerprint density at radius 2 is 1.48 bits per heavy atom. The number of aliphatic hydroxyl groups is 1. The monoisotopic (exact) mass is 635 g/mol. The Labute approximate surface area is 273 Å². The Bertz CT molecular complexity index is 1640. The zero-order valence-electron chi connectivity index (χ0n) is 25.6. The van der Waals surface area contributed by atoms with E-state index < -0.39 is 6.29 Å². The first-order valence-electron chi connectivity index (χ1n) is 15.4. The van der Waals surface area contributed by atoms with Crippen LogP contribution in [0.15, 0.2) is 119 Å². The molecule has 3 N–H and O–H groups in total. The van der Waals surface area contributed by atoms with Gasteiger partial charge in [0.05, 0.1) is 18.8 Å². The number of ether oxygens (including phenoxy) is 2. The van der Waals surface area contributed by atoms with Gasteiger partial charge in [-0.25, -0.2) is 9.78 Å². The molecule has 1 aliphatic heterocycles. The molecule has 1 aromatic heterocycles. The third kappa shape index (κ3) is 7.86. The number of amides is 2. The van der Waals surface area contributed by atoms with Gasteiger partial charge in [0.25, 0.3) is 5.22 Å². The molecule has 236 valence electrons. The van der Waals surface area contributed by atoms with E-state index in [0.717, 1.165) is 44.8 Å². The van der Waals surface area contributed by atoms with Gasteiger partial charge in [-0.2, -0.15) is 0 Å². The highest BCUT2D eigenvalue weighted by atomic mass is 32.2. The van der Waals surface area contributed by atoms with Crippen LogP contribution in [0.2, 0.25) is 0 Å². The number of nitrogens with one attached hydrogen (secondary N) is 2. The number of benzene rings is 4. The minimum Gasteiger partial charge on any atom is -0.431 e. The molecule has 0 aliphatic carbocycles. The van der Waals surface area contributed by atoms with E-state index in [1.54, 1.807) is 0 Å². The Kier molecular flexibility index (Phi) is 10.5. The zero-order valence-corrected chi connectivity index (χ0v) is 26.4. The van der Waals surface area contributed by atoms with Crippen LogP contribution in [0.5, 0.6) is 0 Å². The van der Waals surface area contributed by atoms with Gasteiger partial charge >= 0.3 is 6.03 Å². The quantitative estimate of drug-likeness (QED) is 0.128. The maximum atomic E-state index is 11.8. The second-order valence-electron chi connectivity index (χ2n) is 11.0. The van der Waals surface area contributed by atoms with Gasteiger partial charge in [-0.3, -0.25) is 0 Å². The number of carbonyl (C=O) groups excluding carboxylic acids is 1. The average Bonchev–Trinajstić information content (AvgIpc) is 3.55. The fourth-order valence-electron chi connectivity index (χ4n) is 5.32. The normalized spacial score (nSPS) is 17.8. The molecule has 2 amide bonds. The fraction of sp³-hybridized carbons (Fsp3) is 0.243. The van der Waals surface area contributed by atoms with E-state index in [4.69, 9.17) is 18.9 Å². The van der Waals surface area contributed by atoms with Crippen LogP contribution in [0.25, 0.3) is 22.6 Å². The number of thioether (sulfide) groups is 1. The van der Waals surface area contributed by atoms with Crippen LogP contribution in [0.3, 0.4) is 0 Å². The minimum atomic E-state index is -0.586. The lowest BCUT2D eigenvalue weighted by Crippen LogP contribution is -2.34. The van der Waals surface area contributed by atoms with Gasteiger partial charge in [0.1, 0.15) is 5.69 Å². The van der Waals surface area contributed by atoms with Crippen molar-refractivity contribution in [3.05, 3.63) is 131 Å². The predicted octanol–water partition coefficient (Wildman–Crippen LogP) is 7.66. The van der Waals surface area contributed by atoms with Gasteiger partial charge in [-0.15, -0.1) is 0 Å². The van der Waals surface area contributed by atoms with Crippen LogP contribution >= 0.6 is 11.8 Å². The molecule has 46 heavy (non-hydrogen) atoms. The fourth-order valence-corrected chi connectivity index (χ4v) is 6.17. The molecule has 1 fully saturated rings. The smallest absolute Gasteiger partial charge is 0.315 e. The van der Waals surface area contributed by atoms with Crippen LogP contribution in [-0.4, -0.2) is 34.5 Å². The van der Waals surface area contributed by atoms with E-state index in [1.807, 2.05) is 116 Å². The summed E-state index contributed by atoms with van der Waals surface area (Å²) in [5.74, 6) is 1.35. The van der Waals surface area contributed by atoms with Crippen molar-refractivity contribution < 1.29 is 23.8 Å². The van der Waals surface area contributed by atoms with E-state index in [-0.39, 0.29) is 24.8 Å². The summed E-state index contributed by atoms with van der Waals surface area (Å²) in [5, 5.41) is 15.7. The number of nitrogens with zero attached hydrogens (tertiary/aromatic N) is 1. The summed E-state index contributed by atoms with van der Waals surface area (Å²) in [6, 6.07) is 35.7. The van der Waals surface area contributed by atoms with Crippen molar-refractivity contribution >= 4 is 17.8 Å². The predicted molar refractivity (Wildman–Crippen MR) is 179 cm³/mol. The highest BCUT2D eigenvalue weighted by Gasteiger charge is 2.33. The molecule has 2 heterocycles. The summed E-state index contributed by atoms with van der Waals surface area (Å²) in [6.45, 7) is 2.87. The first kappa shape index (κ1) is 31.6. The van der Waals surface area contributed by atoms with Crippen molar-refractivity contribution in [2.75, 3.05) is 12.3 Å². The van der Waals surface area contributed by atoms with Crippen LogP contribution in [0.4, 0.5) is 4.79 Å². The number of aromatic nitrogens is 1. The molecule has 0 unspecified atom stereocenters. The lowest BCUT2D eigenvalue weighted by molar-refractivity contribution is -0.245. The third-order valence-electron chi connectivity index (χ3n) is 7.74. The molecule has 6 rings (SSSR count). The maximum absolute atomic E-state index is 11.8. The van der Waals surface area contributed by atoms with E-state index in [0.29, 0.717) is 30.5 Å². The highest BCUT2D eigenvalue weighted by Crippen LogP contribution is 2.41. The van der Waals surface area contributed by atoms with Crippen LogP contribution in [0.1, 0.15) is 48.0 Å². The van der Waals surface area contributed by atoms with E-state index in [9.17, 15) is 9.90 Å².